The fraction of sp³-hybridized carbons (Fsp3) is 0.706. The standard InChI is InChI=1S/C68H118NO8P/c1-6-8-10-12-14-16-18-20-22-24-26-27-28-29-30-31-32-33-34-35-36-37-38-39-40-41-43-45-47-49-51-53-55-57-59-61-68(71)77-66(65-76-78(72,73)75-63-62-69(3,4)5)64-74-67(70)60-58-56-54-52-50-48-46-44-42-25-23-21-19-17-15-13-11-9-7-2/h8,10,14,16,20-23,26-27,29-30,32-33,35-36,38-39,66H,6-7,9,11-13,15,17-19,24-25,28,31,34,37,40-65H2,1-5H3/p+1/b10-8-,16-14-,22-20-,23-21-,27-26-,30-29-,33-32-,36-35-,39-38-. The zero-order valence-corrected chi connectivity index (χ0v) is 51.8. The van der Waals surface area contributed by atoms with Crippen molar-refractivity contribution in [3.05, 3.63) is 109 Å². The molecule has 0 aliphatic heterocycles. The summed E-state index contributed by atoms with van der Waals surface area (Å²) in [6.45, 7) is 4.32. The number of likely N-dealkylation sites (N-methyl/N-ethyl adjacent to an activating group) is 1. The Balaban J connectivity index is 4.13. The smallest absolute Gasteiger partial charge is 0.462 e. The van der Waals surface area contributed by atoms with Crippen molar-refractivity contribution in [2.45, 2.75) is 264 Å². The van der Waals surface area contributed by atoms with Gasteiger partial charge in [0.05, 0.1) is 27.7 Å². The first kappa shape index (κ1) is 74.7. The van der Waals surface area contributed by atoms with Crippen molar-refractivity contribution in [2.24, 2.45) is 0 Å². The van der Waals surface area contributed by atoms with Crippen LogP contribution in [0.2, 0.25) is 0 Å². The highest BCUT2D eigenvalue weighted by molar-refractivity contribution is 7.47. The number of allylic oxidation sites excluding steroid dienone is 18. The number of carbonyl (C=O) groups excluding carboxylic acids is 2. The summed E-state index contributed by atoms with van der Waals surface area (Å²) in [5.74, 6) is -0.805. The summed E-state index contributed by atoms with van der Waals surface area (Å²) in [7, 11) is 1.47. The summed E-state index contributed by atoms with van der Waals surface area (Å²) < 4.78 is 34.6. The summed E-state index contributed by atoms with van der Waals surface area (Å²) in [6.07, 6.45) is 81.6. The van der Waals surface area contributed by atoms with Crippen LogP contribution in [0.4, 0.5) is 0 Å². The van der Waals surface area contributed by atoms with Crippen LogP contribution < -0.4 is 0 Å². The number of phosphoric ester groups is 1. The Morgan fingerprint density at radius 2 is 0.731 bits per heavy atom. The van der Waals surface area contributed by atoms with Crippen LogP contribution in [-0.2, 0) is 32.7 Å². The van der Waals surface area contributed by atoms with Crippen molar-refractivity contribution in [1.29, 1.82) is 0 Å². The van der Waals surface area contributed by atoms with Crippen LogP contribution in [-0.4, -0.2) is 74.9 Å². The van der Waals surface area contributed by atoms with Crippen LogP contribution in [0.5, 0.6) is 0 Å². The first-order valence-electron chi connectivity index (χ1n) is 31.6. The average molecular weight is 1110 g/mol. The molecule has 0 saturated heterocycles. The van der Waals surface area contributed by atoms with Gasteiger partial charge in [-0.2, -0.15) is 0 Å². The molecule has 0 bridgehead atoms. The maximum atomic E-state index is 12.8. The number of ether oxygens (including phenoxy) is 2. The van der Waals surface area contributed by atoms with Gasteiger partial charge >= 0.3 is 19.8 Å². The van der Waals surface area contributed by atoms with E-state index in [1.807, 2.05) is 21.1 Å². The van der Waals surface area contributed by atoms with E-state index in [4.69, 9.17) is 18.5 Å². The van der Waals surface area contributed by atoms with Crippen molar-refractivity contribution in [2.75, 3.05) is 47.5 Å². The van der Waals surface area contributed by atoms with Gasteiger partial charge in [-0.1, -0.05) is 252 Å². The predicted molar refractivity (Wildman–Crippen MR) is 335 cm³/mol. The molecule has 2 atom stereocenters. The zero-order chi connectivity index (χ0) is 57.0. The molecule has 0 spiro atoms. The molecule has 0 fully saturated rings. The molecule has 2 unspecified atom stereocenters. The van der Waals surface area contributed by atoms with Crippen LogP contribution in [0.15, 0.2) is 109 Å². The summed E-state index contributed by atoms with van der Waals surface area (Å²) in [5.41, 5.74) is 0. The molecule has 1 N–H and O–H groups in total. The Labute approximate surface area is 480 Å². The van der Waals surface area contributed by atoms with Crippen molar-refractivity contribution < 1.29 is 42.1 Å². The highest BCUT2D eigenvalue weighted by atomic mass is 31.2. The second-order valence-corrected chi connectivity index (χ2v) is 23.5. The number of carbonyl (C=O) groups is 2. The molecule has 0 heterocycles. The van der Waals surface area contributed by atoms with E-state index in [2.05, 4.69) is 123 Å². The quantitative estimate of drug-likeness (QED) is 0.0211. The fourth-order valence-corrected chi connectivity index (χ4v) is 9.18. The van der Waals surface area contributed by atoms with E-state index in [1.165, 1.54) is 128 Å². The first-order valence-corrected chi connectivity index (χ1v) is 33.1. The normalized spacial score (nSPS) is 14.0. The second-order valence-electron chi connectivity index (χ2n) is 22.1. The Bertz CT molecular complexity index is 1680. The third-order valence-corrected chi connectivity index (χ3v) is 14.3. The predicted octanol–water partition coefficient (Wildman–Crippen LogP) is 20.2. The molecular formula is C68H119NO8P+. The van der Waals surface area contributed by atoms with Crippen molar-refractivity contribution >= 4 is 19.8 Å². The van der Waals surface area contributed by atoms with E-state index < -0.39 is 26.5 Å². The Morgan fingerprint density at radius 1 is 0.410 bits per heavy atom. The van der Waals surface area contributed by atoms with E-state index in [0.717, 1.165) is 96.3 Å². The van der Waals surface area contributed by atoms with Crippen molar-refractivity contribution in [1.82, 2.24) is 0 Å². The molecule has 0 aliphatic rings. The van der Waals surface area contributed by atoms with Crippen LogP contribution in [0.1, 0.15) is 258 Å². The van der Waals surface area contributed by atoms with Crippen molar-refractivity contribution in [3.63, 3.8) is 0 Å². The van der Waals surface area contributed by atoms with Crippen LogP contribution in [0.3, 0.4) is 0 Å². The lowest BCUT2D eigenvalue weighted by molar-refractivity contribution is -0.870. The summed E-state index contributed by atoms with van der Waals surface area (Å²) in [6, 6.07) is 0. The molecule has 0 aliphatic carbocycles. The Morgan fingerprint density at radius 3 is 1.10 bits per heavy atom. The number of nitrogens with zero attached hydrogens (tertiary/aromatic N) is 1. The van der Waals surface area contributed by atoms with Gasteiger partial charge in [0.15, 0.2) is 6.10 Å². The van der Waals surface area contributed by atoms with Crippen LogP contribution >= 0.6 is 7.82 Å². The minimum atomic E-state index is -4.39. The van der Waals surface area contributed by atoms with Crippen LogP contribution in [0, 0.1) is 0 Å². The molecule has 9 nitrogen and oxygen atoms in total. The van der Waals surface area contributed by atoms with Gasteiger partial charge < -0.3 is 18.9 Å². The van der Waals surface area contributed by atoms with Gasteiger partial charge in [0.2, 0.25) is 0 Å². The van der Waals surface area contributed by atoms with E-state index in [9.17, 15) is 19.0 Å². The van der Waals surface area contributed by atoms with Gasteiger partial charge in [0, 0.05) is 12.8 Å². The number of hydrogen-bond donors (Lipinski definition) is 1. The highest BCUT2D eigenvalue weighted by Gasteiger charge is 2.27. The van der Waals surface area contributed by atoms with Gasteiger partial charge in [0.1, 0.15) is 19.8 Å². The van der Waals surface area contributed by atoms with E-state index >= 15 is 0 Å². The largest absolute Gasteiger partial charge is 0.472 e. The summed E-state index contributed by atoms with van der Waals surface area (Å²) in [4.78, 5) is 35.8. The van der Waals surface area contributed by atoms with E-state index in [0.29, 0.717) is 17.4 Å². The van der Waals surface area contributed by atoms with Gasteiger partial charge in [-0.25, -0.2) is 4.57 Å². The maximum absolute atomic E-state index is 12.8. The number of phosphoric acid groups is 1. The molecule has 0 radical (unpaired) electrons. The highest BCUT2D eigenvalue weighted by Crippen LogP contribution is 2.43. The van der Waals surface area contributed by atoms with Gasteiger partial charge in [-0.15, -0.1) is 0 Å². The molecule has 0 amide bonds. The molecule has 78 heavy (non-hydrogen) atoms. The number of quaternary nitrogens is 1. The van der Waals surface area contributed by atoms with E-state index in [1.54, 1.807) is 0 Å². The minimum absolute atomic E-state index is 0.0264. The first-order chi connectivity index (χ1) is 38.0. The minimum Gasteiger partial charge on any atom is -0.462 e. The third kappa shape index (κ3) is 61.9. The van der Waals surface area contributed by atoms with E-state index in [-0.39, 0.29) is 32.0 Å². The molecule has 10 heteroatoms. The zero-order valence-electron chi connectivity index (χ0n) is 50.9. The molecule has 0 saturated carbocycles. The van der Waals surface area contributed by atoms with Crippen LogP contribution in [0.25, 0.3) is 0 Å². The van der Waals surface area contributed by atoms with Crippen molar-refractivity contribution in [3.8, 4) is 0 Å². The molecule has 448 valence electrons. The number of unbranched alkanes of at least 4 members (excludes halogenated alkanes) is 25. The lowest BCUT2D eigenvalue weighted by atomic mass is 10.0. The van der Waals surface area contributed by atoms with Gasteiger partial charge in [-0.05, 0) is 103 Å². The third-order valence-electron chi connectivity index (χ3n) is 13.3. The molecular weight excluding hydrogens is 990 g/mol. The van der Waals surface area contributed by atoms with Gasteiger partial charge in [-0.3, -0.25) is 18.6 Å². The number of rotatable bonds is 57. The maximum Gasteiger partial charge on any atom is 0.472 e. The summed E-state index contributed by atoms with van der Waals surface area (Å²) in [5, 5.41) is 0. The lowest BCUT2D eigenvalue weighted by Crippen LogP contribution is -2.37. The number of esters is 2. The van der Waals surface area contributed by atoms with Gasteiger partial charge in [0.25, 0.3) is 0 Å². The Kier molecular flexibility index (Phi) is 55.8. The second kappa shape index (κ2) is 58.3. The molecule has 0 rings (SSSR count). The molecule has 0 aromatic heterocycles. The average Bonchev–Trinajstić information content (AvgIpc) is 3.41. The number of hydrogen-bond acceptors (Lipinski definition) is 7. The molecule has 0 aromatic rings. The molecule has 0 aromatic carbocycles. The monoisotopic (exact) mass is 1110 g/mol. The fourth-order valence-electron chi connectivity index (χ4n) is 8.44. The SMILES string of the molecule is CC/C=C\C/C=C\C/C=C\C/C=C\C/C=C\C/C=C\C/C=C\C/C=C\CCCCCCCCCCCCC(=O)OC(COC(=O)CCCCCCCCCCC/C=C\CCCCCCCC)COP(=O)(O)OCC[N+](C)(C)C. The topological polar surface area (TPSA) is 108 Å². The summed E-state index contributed by atoms with van der Waals surface area (Å²) >= 11 is 0. The Hall–Kier alpha value is -3.33. The lowest BCUT2D eigenvalue weighted by Gasteiger charge is -2.24.